The van der Waals surface area contributed by atoms with E-state index in [9.17, 15) is 29.7 Å². The monoisotopic (exact) mass is 629 g/mol. The molecule has 0 saturated carbocycles. The van der Waals surface area contributed by atoms with Crippen LogP contribution in [0.1, 0.15) is 93.5 Å². The lowest BCUT2D eigenvalue weighted by atomic mass is 9.88. The number of carbonyl (C=O) groups excluding carboxylic acids is 2. The minimum Gasteiger partial charge on any atom is -0.479 e. The molecule has 4 atom stereocenters. The Hall–Kier alpha value is -3.04. The minimum atomic E-state index is -2.36. The number of alkyl halides is 1. The van der Waals surface area contributed by atoms with Crippen LogP contribution in [0, 0.1) is 0 Å². The average molecular weight is 630 g/mol. The number of halogens is 1. The number of aliphatic carboxylic acids is 1. The summed E-state index contributed by atoms with van der Waals surface area (Å²) in [6.07, 6.45) is 9.72. The topological polar surface area (TPSA) is 133 Å². The van der Waals surface area contributed by atoms with Crippen molar-refractivity contribution in [3.8, 4) is 0 Å². The highest BCUT2D eigenvalue weighted by molar-refractivity contribution is 6.21. The molecule has 8 nitrogen and oxygen atoms in total. The Morgan fingerprint density at radius 1 is 0.886 bits per heavy atom. The van der Waals surface area contributed by atoms with Crippen LogP contribution in [0.25, 0.3) is 0 Å². The largest absolute Gasteiger partial charge is 0.479 e. The van der Waals surface area contributed by atoms with Gasteiger partial charge in [0.25, 0.3) is 5.91 Å². The van der Waals surface area contributed by atoms with Crippen LogP contribution in [0.2, 0.25) is 0 Å². The first-order valence-corrected chi connectivity index (χ1v) is 16.1. The summed E-state index contributed by atoms with van der Waals surface area (Å²) in [7, 11) is 0. The van der Waals surface area contributed by atoms with Crippen molar-refractivity contribution in [1.82, 2.24) is 5.32 Å². The molecule has 0 saturated heterocycles. The Kier molecular flexibility index (Phi) is 17.6. The number of Topliss-reactive ketones (excluding diaryl/α,β-unsaturated/α-hetero) is 1. The van der Waals surface area contributed by atoms with E-state index in [1.165, 1.54) is 24.6 Å². The third-order valence-corrected chi connectivity index (χ3v) is 7.95. The first-order valence-electron chi connectivity index (χ1n) is 15.6. The van der Waals surface area contributed by atoms with Gasteiger partial charge in [-0.2, -0.15) is 0 Å². The Balaban J connectivity index is 2.02. The molecule has 4 N–H and O–H groups in total. The van der Waals surface area contributed by atoms with Crippen LogP contribution in [0.5, 0.6) is 0 Å². The summed E-state index contributed by atoms with van der Waals surface area (Å²) in [6.45, 7) is 1.05. The van der Waals surface area contributed by atoms with Crippen molar-refractivity contribution < 1.29 is 34.4 Å². The lowest BCUT2D eigenvalue weighted by Gasteiger charge is -2.38. The number of aliphatic hydroxyl groups is 2. The zero-order valence-corrected chi connectivity index (χ0v) is 26.5. The number of amides is 1. The van der Waals surface area contributed by atoms with E-state index in [4.69, 9.17) is 16.3 Å². The third kappa shape index (κ3) is 12.9. The summed E-state index contributed by atoms with van der Waals surface area (Å²) in [5.41, 5.74) is -1.45. The predicted octanol–water partition coefficient (Wildman–Crippen LogP) is 6.22. The number of carboxylic acids is 1. The number of benzene rings is 2. The molecule has 0 aliphatic rings. The van der Waals surface area contributed by atoms with Gasteiger partial charge in [0.15, 0.2) is 5.54 Å². The van der Waals surface area contributed by atoms with Gasteiger partial charge in [0, 0.05) is 18.4 Å². The normalized spacial score (nSPS) is 14.9. The molecular weight excluding hydrogens is 582 g/mol. The van der Waals surface area contributed by atoms with E-state index in [1.807, 2.05) is 6.07 Å². The molecule has 0 aliphatic carbocycles. The van der Waals surface area contributed by atoms with Gasteiger partial charge in [-0.3, -0.25) is 9.59 Å². The van der Waals surface area contributed by atoms with Crippen molar-refractivity contribution in [2.75, 3.05) is 6.61 Å². The van der Waals surface area contributed by atoms with Gasteiger partial charge >= 0.3 is 5.97 Å². The Bertz CT molecular complexity index is 1140. The van der Waals surface area contributed by atoms with E-state index in [-0.39, 0.29) is 12.2 Å². The number of hydrogen-bond acceptors (Lipinski definition) is 6. The quantitative estimate of drug-likeness (QED) is 0.0651. The van der Waals surface area contributed by atoms with Crippen LogP contribution in [0.3, 0.4) is 0 Å². The summed E-state index contributed by atoms with van der Waals surface area (Å²) < 4.78 is 5.93. The molecular formula is C35H48ClNO7. The maximum Gasteiger partial charge on any atom is 0.334 e. The molecule has 2 aromatic carbocycles. The number of aliphatic hydroxyl groups excluding tert-OH is 2. The summed E-state index contributed by atoms with van der Waals surface area (Å²) in [5.74, 6) is -1.96. The number of rotatable bonds is 23. The lowest BCUT2D eigenvalue weighted by Crippen LogP contribution is -2.67. The van der Waals surface area contributed by atoms with E-state index in [0.717, 1.165) is 44.9 Å². The van der Waals surface area contributed by atoms with Crippen LogP contribution in [0.15, 0.2) is 72.8 Å². The van der Waals surface area contributed by atoms with Gasteiger partial charge in [-0.25, -0.2) is 4.79 Å². The molecule has 0 bridgehead atoms. The summed E-state index contributed by atoms with van der Waals surface area (Å²) in [6, 6.07) is 17.0. The van der Waals surface area contributed by atoms with Gasteiger partial charge in [0.05, 0.1) is 18.6 Å². The van der Waals surface area contributed by atoms with Crippen molar-refractivity contribution >= 4 is 29.3 Å². The van der Waals surface area contributed by atoms with Crippen molar-refractivity contribution in [3.63, 3.8) is 0 Å². The molecule has 0 radical (unpaired) electrons. The Labute approximate surface area is 266 Å². The second-order valence-electron chi connectivity index (χ2n) is 11.2. The van der Waals surface area contributed by atoms with Crippen LogP contribution in [-0.2, 0) is 20.9 Å². The molecule has 242 valence electrons. The maximum absolute atomic E-state index is 13.0. The van der Waals surface area contributed by atoms with E-state index in [0.29, 0.717) is 30.6 Å². The Morgan fingerprint density at radius 2 is 1.48 bits per heavy atom. The molecule has 1 amide bonds. The Morgan fingerprint density at radius 3 is 2.07 bits per heavy atom. The van der Waals surface area contributed by atoms with Crippen LogP contribution < -0.4 is 5.32 Å². The van der Waals surface area contributed by atoms with E-state index < -0.39 is 41.6 Å². The van der Waals surface area contributed by atoms with Crippen molar-refractivity contribution in [2.24, 2.45) is 0 Å². The van der Waals surface area contributed by atoms with Gasteiger partial charge in [0.2, 0.25) is 0 Å². The number of carbonyl (C=O) groups is 3. The lowest BCUT2D eigenvalue weighted by molar-refractivity contribution is -0.162. The standard InChI is InChI=1S/C35H48ClNO7/c1-2-3-4-14-21-30(39)22-15-6-5-13-20-29(36)23-24-31(40)32(44-25-27-16-9-7-10-17-27)35(26-38,34(42)43)37-33(41)28-18-11-8-12-19-28/h7-12,16-19,23-24,29,31-32,38,40H,2-6,13-15,20-22,25-26H2,1H3,(H,37,41)(H,42,43)/b24-23+/t29?,31-,32+,35+/m1/s1. The summed E-state index contributed by atoms with van der Waals surface area (Å²) in [4.78, 5) is 37.6. The minimum absolute atomic E-state index is 0.0712. The molecule has 0 fully saturated rings. The van der Waals surface area contributed by atoms with E-state index in [1.54, 1.807) is 48.5 Å². The molecule has 9 heteroatoms. The highest BCUT2D eigenvalue weighted by atomic mass is 35.5. The fraction of sp³-hybridized carbons (Fsp3) is 0.514. The third-order valence-electron chi connectivity index (χ3n) is 7.58. The van der Waals surface area contributed by atoms with Gasteiger partial charge in [-0.1, -0.05) is 106 Å². The SMILES string of the molecule is CCCCCCC(=O)CCCCCCC(Cl)/C=C/[C@@H](O)[C@H](OCc1ccccc1)[C@](CO)(NC(=O)c1ccccc1)C(=O)O. The number of ether oxygens (including phenoxy) is 1. The number of nitrogens with one attached hydrogen (secondary N) is 1. The van der Waals surface area contributed by atoms with Gasteiger partial charge in [0.1, 0.15) is 18.0 Å². The van der Waals surface area contributed by atoms with Gasteiger partial charge < -0.3 is 25.4 Å². The molecule has 0 heterocycles. The fourth-order valence-electron chi connectivity index (χ4n) is 4.92. The van der Waals surface area contributed by atoms with Gasteiger partial charge in [-0.05, 0) is 37.0 Å². The van der Waals surface area contributed by atoms with Gasteiger partial charge in [-0.15, -0.1) is 11.6 Å². The molecule has 2 rings (SSSR count). The molecule has 1 unspecified atom stereocenters. The summed E-state index contributed by atoms with van der Waals surface area (Å²) >= 11 is 6.50. The second-order valence-corrected chi connectivity index (χ2v) is 11.7. The highest BCUT2D eigenvalue weighted by Crippen LogP contribution is 2.23. The van der Waals surface area contributed by atoms with Crippen molar-refractivity contribution in [3.05, 3.63) is 83.9 Å². The second kappa shape index (κ2) is 20.8. The molecule has 44 heavy (non-hydrogen) atoms. The number of hydrogen-bond donors (Lipinski definition) is 4. The first-order chi connectivity index (χ1) is 21.2. The predicted molar refractivity (Wildman–Crippen MR) is 173 cm³/mol. The average Bonchev–Trinajstić information content (AvgIpc) is 3.03. The van der Waals surface area contributed by atoms with Crippen LogP contribution in [-0.4, -0.2) is 62.7 Å². The van der Waals surface area contributed by atoms with E-state index in [2.05, 4.69) is 12.2 Å². The van der Waals surface area contributed by atoms with Crippen LogP contribution >= 0.6 is 11.6 Å². The van der Waals surface area contributed by atoms with Crippen molar-refractivity contribution in [2.45, 2.75) is 107 Å². The molecule has 2 aromatic rings. The number of ketones is 1. The number of carboxylic acid groups (broad SMARTS) is 1. The smallest absolute Gasteiger partial charge is 0.334 e. The molecule has 0 aromatic heterocycles. The molecule has 0 spiro atoms. The van der Waals surface area contributed by atoms with Crippen molar-refractivity contribution in [1.29, 1.82) is 0 Å². The molecule has 0 aliphatic heterocycles. The number of unbranched alkanes of at least 4 members (excludes halogenated alkanes) is 6. The highest BCUT2D eigenvalue weighted by Gasteiger charge is 2.51. The summed E-state index contributed by atoms with van der Waals surface area (Å²) in [5, 5.41) is 33.8. The zero-order valence-electron chi connectivity index (χ0n) is 25.7. The first kappa shape index (κ1) is 37.1. The number of allylic oxidation sites excluding steroid dienone is 1. The fourth-order valence-corrected chi connectivity index (χ4v) is 5.16. The van der Waals surface area contributed by atoms with E-state index >= 15 is 0 Å². The van der Waals surface area contributed by atoms with Crippen LogP contribution in [0.4, 0.5) is 0 Å². The maximum atomic E-state index is 13.0. The zero-order chi connectivity index (χ0) is 32.2.